The molecule has 1 aromatic carbocycles. The van der Waals surface area contributed by atoms with E-state index in [9.17, 15) is 4.79 Å². The third-order valence-electron chi connectivity index (χ3n) is 3.28. The van der Waals surface area contributed by atoms with Gasteiger partial charge in [0.05, 0.1) is 15.7 Å². The summed E-state index contributed by atoms with van der Waals surface area (Å²) < 4.78 is 0. The van der Waals surface area contributed by atoms with E-state index in [0.29, 0.717) is 27.4 Å². The summed E-state index contributed by atoms with van der Waals surface area (Å²) in [6, 6.07) is 6.88. The number of nitrogens with zero attached hydrogens (tertiary/aromatic N) is 2. The van der Waals surface area contributed by atoms with E-state index in [1.807, 2.05) is 6.92 Å². The maximum Gasteiger partial charge on any atom is 0.274 e. The van der Waals surface area contributed by atoms with Gasteiger partial charge in [-0.25, -0.2) is 9.97 Å². The van der Waals surface area contributed by atoms with Gasteiger partial charge >= 0.3 is 0 Å². The lowest BCUT2D eigenvalue weighted by Gasteiger charge is -2.14. The van der Waals surface area contributed by atoms with Gasteiger partial charge in [-0.1, -0.05) is 36.2 Å². The van der Waals surface area contributed by atoms with Crippen LogP contribution in [0.25, 0.3) is 0 Å². The SMILES string of the molecule is CCC(C)Nc1cc(C(=O)Nc2c(Cl)cccc2Cl)nc(C)n1. The molecule has 2 aromatic rings. The molecule has 0 bridgehead atoms. The minimum Gasteiger partial charge on any atom is -0.368 e. The molecule has 0 aliphatic rings. The number of para-hydroxylation sites is 1. The first kappa shape index (κ1) is 17.5. The molecule has 1 atom stereocenters. The van der Waals surface area contributed by atoms with Crippen LogP contribution in [-0.2, 0) is 0 Å². The highest BCUT2D eigenvalue weighted by atomic mass is 35.5. The fourth-order valence-corrected chi connectivity index (χ4v) is 2.40. The standard InChI is InChI=1S/C16H18Cl2N4O/c1-4-9(2)19-14-8-13(20-10(3)21-14)16(23)22-15-11(17)6-5-7-12(15)18/h5-9H,4H2,1-3H3,(H,22,23)(H,19,20,21). The van der Waals surface area contributed by atoms with Gasteiger partial charge in [0.2, 0.25) is 0 Å². The van der Waals surface area contributed by atoms with E-state index in [0.717, 1.165) is 6.42 Å². The van der Waals surface area contributed by atoms with E-state index in [2.05, 4.69) is 27.5 Å². The van der Waals surface area contributed by atoms with Crippen LogP contribution in [0, 0.1) is 6.92 Å². The summed E-state index contributed by atoms with van der Waals surface area (Å²) in [4.78, 5) is 20.9. The van der Waals surface area contributed by atoms with E-state index in [1.165, 1.54) is 0 Å². The van der Waals surface area contributed by atoms with Crippen molar-refractivity contribution in [3.05, 3.63) is 45.8 Å². The third-order valence-corrected chi connectivity index (χ3v) is 3.91. The zero-order valence-electron chi connectivity index (χ0n) is 13.2. The van der Waals surface area contributed by atoms with Crippen LogP contribution in [0.2, 0.25) is 10.0 Å². The molecule has 0 aliphatic heterocycles. The van der Waals surface area contributed by atoms with Gasteiger partial charge in [-0.15, -0.1) is 0 Å². The smallest absolute Gasteiger partial charge is 0.274 e. The van der Waals surface area contributed by atoms with Gasteiger partial charge in [-0.2, -0.15) is 0 Å². The average molecular weight is 353 g/mol. The number of amides is 1. The number of carbonyl (C=O) groups excluding carboxylic acids is 1. The average Bonchev–Trinajstić information content (AvgIpc) is 2.50. The number of anilines is 2. The van der Waals surface area contributed by atoms with Gasteiger partial charge in [0, 0.05) is 12.1 Å². The number of hydrogen-bond donors (Lipinski definition) is 2. The molecule has 7 heteroatoms. The molecular weight excluding hydrogens is 335 g/mol. The molecule has 2 rings (SSSR count). The number of rotatable bonds is 5. The predicted octanol–water partition coefficient (Wildman–Crippen LogP) is 4.55. The Labute approximate surface area is 145 Å². The molecular formula is C16H18Cl2N4O. The topological polar surface area (TPSA) is 66.9 Å². The monoisotopic (exact) mass is 352 g/mol. The van der Waals surface area contributed by atoms with Gasteiger partial charge in [-0.3, -0.25) is 4.79 Å². The van der Waals surface area contributed by atoms with Crippen LogP contribution in [0.5, 0.6) is 0 Å². The van der Waals surface area contributed by atoms with Crippen molar-refractivity contribution in [3.63, 3.8) is 0 Å². The summed E-state index contributed by atoms with van der Waals surface area (Å²) in [5.41, 5.74) is 0.618. The molecule has 1 aromatic heterocycles. The van der Waals surface area contributed by atoms with E-state index < -0.39 is 5.91 Å². The highest BCUT2D eigenvalue weighted by molar-refractivity contribution is 6.40. The molecule has 1 amide bonds. The Hall–Kier alpha value is -1.85. The molecule has 2 N–H and O–H groups in total. The van der Waals surface area contributed by atoms with Crippen LogP contribution in [0.1, 0.15) is 36.6 Å². The summed E-state index contributed by atoms with van der Waals surface area (Å²) in [6.45, 7) is 5.85. The van der Waals surface area contributed by atoms with Crippen molar-refractivity contribution in [2.75, 3.05) is 10.6 Å². The van der Waals surface area contributed by atoms with Crippen LogP contribution < -0.4 is 10.6 Å². The number of aryl methyl sites for hydroxylation is 1. The number of benzene rings is 1. The van der Waals surface area contributed by atoms with E-state index in [4.69, 9.17) is 23.2 Å². The van der Waals surface area contributed by atoms with Crippen LogP contribution in [0.3, 0.4) is 0 Å². The van der Waals surface area contributed by atoms with Crippen molar-refractivity contribution in [1.82, 2.24) is 9.97 Å². The zero-order valence-corrected chi connectivity index (χ0v) is 14.7. The minimum absolute atomic E-state index is 0.248. The summed E-state index contributed by atoms with van der Waals surface area (Å²) in [7, 11) is 0. The molecule has 0 radical (unpaired) electrons. The Morgan fingerprint density at radius 2 is 1.91 bits per heavy atom. The minimum atomic E-state index is -0.391. The molecule has 0 spiro atoms. The first-order valence-electron chi connectivity index (χ1n) is 7.28. The van der Waals surface area contributed by atoms with Crippen molar-refractivity contribution in [3.8, 4) is 0 Å². The molecule has 1 unspecified atom stereocenters. The summed E-state index contributed by atoms with van der Waals surface area (Å²) in [6.07, 6.45) is 0.944. The van der Waals surface area contributed by atoms with Crippen LogP contribution in [-0.4, -0.2) is 21.9 Å². The highest BCUT2D eigenvalue weighted by Gasteiger charge is 2.15. The van der Waals surface area contributed by atoms with Crippen LogP contribution >= 0.6 is 23.2 Å². The first-order chi connectivity index (χ1) is 10.9. The molecule has 122 valence electrons. The van der Waals surface area contributed by atoms with Gasteiger partial charge in [0.1, 0.15) is 17.3 Å². The summed E-state index contributed by atoms with van der Waals surface area (Å²) in [5, 5.41) is 6.67. The van der Waals surface area contributed by atoms with Crippen LogP contribution in [0.15, 0.2) is 24.3 Å². The number of carbonyl (C=O) groups is 1. The van der Waals surface area contributed by atoms with Crippen molar-refractivity contribution in [2.45, 2.75) is 33.2 Å². The van der Waals surface area contributed by atoms with Crippen molar-refractivity contribution < 1.29 is 4.79 Å². The van der Waals surface area contributed by atoms with E-state index in [1.54, 1.807) is 31.2 Å². The Morgan fingerprint density at radius 1 is 1.26 bits per heavy atom. The highest BCUT2D eigenvalue weighted by Crippen LogP contribution is 2.30. The van der Waals surface area contributed by atoms with Crippen molar-refractivity contribution in [1.29, 1.82) is 0 Å². The molecule has 23 heavy (non-hydrogen) atoms. The molecule has 0 saturated heterocycles. The largest absolute Gasteiger partial charge is 0.368 e. The predicted molar refractivity (Wildman–Crippen MR) is 94.6 cm³/mol. The Morgan fingerprint density at radius 3 is 2.52 bits per heavy atom. The Kier molecular flexibility index (Phi) is 5.80. The molecule has 0 saturated carbocycles. The normalized spacial score (nSPS) is 11.9. The molecule has 5 nitrogen and oxygen atoms in total. The number of nitrogens with one attached hydrogen (secondary N) is 2. The van der Waals surface area contributed by atoms with Gasteiger partial charge in [0.25, 0.3) is 5.91 Å². The maximum absolute atomic E-state index is 12.4. The Bertz CT molecular complexity index is 701. The summed E-state index contributed by atoms with van der Waals surface area (Å²) >= 11 is 12.1. The van der Waals surface area contributed by atoms with Gasteiger partial charge in [0.15, 0.2) is 0 Å². The zero-order chi connectivity index (χ0) is 17.0. The second-order valence-corrected chi connectivity index (χ2v) is 6.00. The lowest BCUT2D eigenvalue weighted by molar-refractivity contribution is 0.102. The van der Waals surface area contributed by atoms with Gasteiger partial charge < -0.3 is 10.6 Å². The lowest BCUT2D eigenvalue weighted by atomic mass is 10.2. The molecule has 0 aliphatic carbocycles. The van der Waals surface area contributed by atoms with Crippen molar-refractivity contribution >= 4 is 40.6 Å². The number of halogens is 2. The maximum atomic E-state index is 12.4. The molecule has 1 heterocycles. The fraction of sp³-hybridized carbons (Fsp3) is 0.312. The molecule has 0 fully saturated rings. The van der Waals surface area contributed by atoms with E-state index >= 15 is 0 Å². The van der Waals surface area contributed by atoms with Crippen LogP contribution in [0.4, 0.5) is 11.5 Å². The number of hydrogen-bond acceptors (Lipinski definition) is 4. The quantitative estimate of drug-likeness (QED) is 0.827. The second kappa shape index (κ2) is 7.62. The van der Waals surface area contributed by atoms with Crippen molar-refractivity contribution in [2.24, 2.45) is 0 Å². The second-order valence-electron chi connectivity index (χ2n) is 5.19. The number of aromatic nitrogens is 2. The van der Waals surface area contributed by atoms with E-state index in [-0.39, 0.29) is 11.7 Å². The summed E-state index contributed by atoms with van der Waals surface area (Å²) in [5.74, 6) is 0.730. The first-order valence-corrected chi connectivity index (χ1v) is 8.04. The fourth-order valence-electron chi connectivity index (χ4n) is 1.91. The third kappa shape index (κ3) is 4.56. The van der Waals surface area contributed by atoms with Gasteiger partial charge in [-0.05, 0) is 32.4 Å². The Balaban J connectivity index is 2.25. The lowest BCUT2D eigenvalue weighted by Crippen LogP contribution is -2.19.